The number of aliphatic hydroxyl groups is 1. The van der Waals surface area contributed by atoms with E-state index in [1.54, 1.807) is 0 Å². The van der Waals surface area contributed by atoms with Crippen molar-refractivity contribution in [1.82, 2.24) is 0 Å². The number of hydrogen-bond donors (Lipinski definition) is 1. The van der Waals surface area contributed by atoms with Gasteiger partial charge >= 0.3 is 0 Å². The molecule has 4 bridgehead atoms. The van der Waals surface area contributed by atoms with E-state index >= 15 is 0 Å². The summed E-state index contributed by atoms with van der Waals surface area (Å²) in [6.07, 6.45) is 5.19. The second kappa shape index (κ2) is 3.19. The van der Waals surface area contributed by atoms with Gasteiger partial charge in [0.1, 0.15) is 24.3 Å². The van der Waals surface area contributed by atoms with Crippen LogP contribution in [0.4, 0.5) is 0 Å². The fraction of sp³-hybridized carbons (Fsp3) is 1.00. The van der Waals surface area contributed by atoms with Gasteiger partial charge in [-0.15, -0.1) is 0 Å². The van der Waals surface area contributed by atoms with Crippen molar-refractivity contribution in [1.29, 1.82) is 0 Å². The van der Waals surface area contributed by atoms with E-state index in [9.17, 15) is 5.11 Å². The molecule has 3 heteroatoms. The molecular formula is C12H22NO2+. The Morgan fingerprint density at radius 3 is 2.73 bits per heavy atom. The molecule has 1 N–H and O–H groups in total. The maximum absolute atomic E-state index is 10.2. The third-order valence-electron chi connectivity index (χ3n) is 4.98. The summed E-state index contributed by atoms with van der Waals surface area (Å²) in [5.41, 5.74) is 0. The number of piperidine rings is 1. The van der Waals surface area contributed by atoms with E-state index in [-0.39, 0.29) is 12.2 Å². The lowest BCUT2D eigenvalue weighted by Gasteiger charge is -2.44. The van der Waals surface area contributed by atoms with Crippen LogP contribution in [0.3, 0.4) is 0 Å². The number of quaternary nitrogens is 1. The number of unbranched alkanes of at least 4 members (excludes halogenated alkanes) is 1. The molecule has 4 heterocycles. The molecule has 0 radical (unpaired) electrons. The van der Waals surface area contributed by atoms with Gasteiger partial charge in [-0.25, -0.2) is 0 Å². The summed E-state index contributed by atoms with van der Waals surface area (Å²) in [5, 5.41) is 10.2. The quantitative estimate of drug-likeness (QED) is 0.705. The van der Waals surface area contributed by atoms with Crippen molar-refractivity contribution in [2.45, 2.75) is 63.0 Å². The van der Waals surface area contributed by atoms with Gasteiger partial charge in [-0.1, -0.05) is 13.3 Å². The SMILES string of the molecule is CCCC[N@@+]1(C)[C@@H]2C[C@@H]3C[C@H]1C(O)C2O3. The first-order valence-corrected chi connectivity index (χ1v) is 6.35. The molecule has 4 fully saturated rings. The average Bonchev–Trinajstić information content (AvgIpc) is 2.63. The molecular weight excluding hydrogens is 190 g/mol. The molecule has 0 aromatic carbocycles. The topological polar surface area (TPSA) is 29.5 Å². The van der Waals surface area contributed by atoms with Crippen molar-refractivity contribution in [3.8, 4) is 0 Å². The molecule has 86 valence electrons. The number of aliphatic hydroxyl groups excluding tert-OH is 1. The number of hydrogen-bond acceptors (Lipinski definition) is 2. The summed E-state index contributed by atoms with van der Waals surface area (Å²) in [5.74, 6) is 0. The Balaban J connectivity index is 1.85. The lowest BCUT2D eigenvalue weighted by molar-refractivity contribution is -0.948. The van der Waals surface area contributed by atoms with Gasteiger partial charge in [0.25, 0.3) is 0 Å². The first-order valence-electron chi connectivity index (χ1n) is 6.35. The van der Waals surface area contributed by atoms with Crippen LogP contribution < -0.4 is 0 Å². The van der Waals surface area contributed by atoms with Crippen molar-refractivity contribution in [2.24, 2.45) is 0 Å². The van der Waals surface area contributed by atoms with Gasteiger partial charge in [0.2, 0.25) is 0 Å². The van der Waals surface area contributed by atoms with E-state index < -0.39 is 0 Å². The Morgan fingerprint density at radius 2 is 2.07 bits per heavy atom. The standard InChI is InChI=1S/C12H22NO2/c1-3-4-5-13(2)9-6-8-7-10(13)12(15-8)11(9)14/h8-12,14H,3-7H2,1-2H3/q+1/t8-,9-,10+,11?,12?,13+/m0/s1. The highest BCUT2D eigenvalue weighted by molar-refractivity contribution is 5.04. The molecule has 0 spiro atoms. The zero-order chi connectivity index (χ0) is 10.6. The summed E-state index contributed by atoms with van der Waals surface area (Å²) in [6.45, 7) is 3.46. The van der Waals surface area contributed by atoms with E-state index in [1.165, 1.54) is 25.8 Å². The largest absolute Gasteiger partial charge is 0.384 e. The Labute approximate surface area is 91.6 Å². The van der Waals surface area contributed by atoms with Gasteiger partial charge in [-0.3, -0.25) is 0 Å². The minimum absolute atomic E-state index is 0.149. The van der Waals surface area contributed by atoms with E-state index in [0.717, 1.165) is 10.9 Å². The third-order valence-corrected chi connectivity index (χ3v) is 4.98. The Morgan fingerprint density at radius 1 is 1.33 bits per heavy atom. The first-order chi connectivity index (χ1) is 7.16. The van der Waals surface area contributed by atoms with Crippen LogP contribution in [0.2, 0.25) is 0 Å². The molecule has 2 unspecified atom stereocenters. The summed E-state index contributed by atoms with van der Waals surface area (Å²) >= 11 is 0. The molecule has 15 heavy (non-hydrogen) atoms. The molecule has 4 aliphatic rings. The van der Waals surface area contributed by atoms with Crippen LogP contribution in [0.25, 0.3) is 0 Å². The summed E-state index contributed by atoms with van der Waals surface area (Å²) in [4.78, 5) is 0. The minimum Gasteiger partial charge on any atom is -0.384 e. The van der Waals surface area contributed by atoms with Crippen LogP contribution >= 0.6 is 0 Å². The van der Waals surface area contributed by atoms with Crippen molar-refractivity contribution in [3.05, 3.63) is 0 Å². The van der Waals surface area contributed by atoms with E-state index in [4.69, 9.17) is 4.74 Å². The van der Waals surface area contributed by atoms with Gasteiger partial charge in [-0.05, 0) is 6.42 Å². The monoisotopic (exact) mass is 212 g/mol. The van der Waals surface area contributed by atoms with E-state index in [0.29, 0.717) is 18.2 Å². The van der Waals surface area contributed by atoms with Crippen LogP contribution in [0.15, 0.2) is 0 Å². The predicted octanol–water partition coefficient (Wildman–Crippen LogP) is 0.906. The van der Waals surface area contributed by atoms with Crippen molar-refractivity contribution < 1.29 is 14.3 Å². The second-order valence-corrected chi connectivity index (χ2v) is 5.74. The summed E-state index contributed by atoms with van der Waals surface area (Å²) in [6, 6.07) is 1.04. The van der Waals surface area contributed by atoms with Crippen LogP contribution in [0, 0.1) is 0 Å². The molecule has 0 saturated carbocycles. The highest BCUT2D eigenvalue weighted by Gasteiger charge is 2.67. The predicted molar refractivity (Wildman–Crippen MR) is 57.4 cm³/mol. The molecule has 4 aliphatic heterocycles. The minimum atomic E-state index is -0.199. The molecule has 4 saturated heterocycles. The van der Waals surface area contributed by atoms with Crippen molar-refractivity contribution in [2.75, 3.05) is 13.6 Å². The van der Waals surface area contributed by atoms with Crippen LogP contribution in [-0.2, 0) is 4.74 Å². The normalized spacial score (nSPS) is 56.6. The third kappa shape index (κ3) is 1.17. The smallest absolute Gasteiger partial charge is 0.141 e. The Kier molecular flexibility index (Phi) is 2.14. The molecule has 4 rings (SSSR count). The number of rotatable bonds is 3. The van der Waals surface area contributed by atoms with Gasteiger partial charge in [0.05, 0.1) is 19.7 Å². The van der Waals surface area contributed by atoms with E-state index in [1.807, 2.05) is 0 Å². The van der Waals surface area contributed by atoms with E-state index in [2.05, 4.69) is 14.0 Å². The molecule has 6 atom stereocenters. The number of nitrogens with zero attached hydrogens (tertiary/aromatic N) is 1. The van der Waals surface area contributed by atoms with Gasteiger partial charge in [0.15, 0.2) is 0 Å². The van der Waals surface area contributed by atoms with Crippen LogP contribution in [-0.4, -0.2) is 53.6 Å². The Bertz CT molecular complexity index is 266. The van der Waals surface area contributed by atoms with Crippen molar-refractivity contribution in [3.63, 3.8) is 0 Å². The average molecular weight is 212 g/mol. The fourth-order valence-corrected chi connectivity index (χ4v) is 4.10. The zero-order valence-electron chi connectivity index (χ0n) is 9.72. The molecule has 0 aromatic heterocycles. The first kappa shape index (κ1) is 10.1. The molecule has 0 aromatic rings. The number of likely N-dealkylation sites (N-methyl/N-ethyl adjacent to an activating group) is 1. The highest BCUT2D eigenvalue weighted by Crippen LogP contribution is 2.49. The lowest BCUT2D eigenvalue weighted by Crippen LogP contribution is -2.59. The highest BCUT2D eigenvalue weighted by atomic mass is 16.5. The van der Waals surface area contributed by atoms with Gasteiger partial charge < -0.3 is 14.3 Å². The van der Waals surface area contributed by atoms with Gasteiger partial charge in [0, 0.05) is 12.8 Å². The molecule has 0 amide bonds. The Hall–Kier alpha value is -0.120. The fourth-order valence-electron chi connectivity index (χ4n) is 4.10. The zero-order valence-corrected chi connectivity index (χ0v) is 9.72. The lowest BCUT2D eigenvalue weighted by atomic mass is 9.96. The van der Waals surface area contributed by atoms with Crippen LogP contribution in [0.1, 0.15) is 32.6 Å². The van der Waals surface area contributed by atoms with Crippen molar-refractivity contribution >= 4 is 0 Å². The maximum atomic E-state index is 10.2. The molecule has 3 nitrogen and oxygen atoms in total. The second-order valence-electron chi connectivity index (χ2n) is 5.74. The number of ether oxygens (including phenoxy) is 1. The summed E-state index contributed by atoms with van der Waals surface area (Å²) < 4.78 is 6.95. The maximum Gasteiger partial charge on any atom is 0.141 e. The van der Waals surface area contributed by atoms with Gasteiger partial charge in [-0.2, -0.15) is 0 Å². The summed E-state index contributed by atoms with van der Waals surface area (Å²) in [7, 11) is 2.33. The van der Waals surface area contributed by atoms with Crippen LogP contribution in [0.5, 0.6) is 0 Å². The molecule has 0 aliphatic carbocycles.